The maximum absolute atomic E-state index is 6.01. The van der Waals surface area contributed by atoms with E-state index in [1.807, 2.05) is 6.07 Å². The van der Waals surface area contributed by atoms with Gasteiger partial charge in [-0.15, -0.1) is 0 Å². The van der Waals surface area contributed by atoms with Crippen LogP contribution in [0.15, 0.2) is 24.3 Å². The minimum Gasteiger partial charge on any atom is -0.496 e. The molecule has 3 atom stereocenters. The summed E-state index contributed by atoms with van der Waals surface area (Å²) < 4.78 is 5.50. The van der Waals surface area contributed by atoms with Crippen molar-refractivity contribution in [3.05, 3.63) is 29.8 Å². The highest BCUT2D eigenvalue weighted by Crippen LogP contribution is 2.38. The van der Waals surface area contributed by atoms with Crippen LogP contribution >= 0.6 is 0 Å². The molecule has 2 rings (SSSR count). The molecule has 112 valence electrons. The summed E-state index contributed by atoms with van der Waals surface area (Å²) in [6.07, 6.45) is 7.82. The number of hydrogen-bond acceptors (Lipinski definition) is 2. The van der Waals surface area contributed by atoms with Crippen LogP contribution in [0.4, 0.5) is 0 Å². The third kappa shape index (κ3) is 3.76. The van der Waals surface area contributed by atoms with Crippen molar-refractivity contribution in [2.24, 2.45) is 23.5 Å². The van der Waals surface area contributed by atoms with Gasteiger partial charge in [0.25, 0.3) is 0 Å². The van der Waals surface area contributed by atoms with Gasteiger partial charge in [-0.05, 0) is 55.2 Å². The van der Waals surface area contributed by atoms with Crippen molar-refractivity contribution in [1.82, 2.24) is 0 Å². The molecule has 0 spiro atoms. The lowest BCUT2D eigenvalue weighted by Gasteiger charge is -2.36. The van der Waals surface area contributed by atoms with Gasteiger partial charge in [0.05, 0.1) is 7.11 Å². The highest BCUT2D eigenvalue weighted by molar-refractivity contribution is 5.33. The van der Waals surface area contributed by atoms with E-state index >= 15 is 0 Å². The van der Waals surface area contributed by atoms with Gasteiger partial charge in [-0.3, -0.25) is 0 Å². The summed E-state index contributed by atoms with van der Waals surface area (Å²) in [4.78, 5) is 0. The number of para-hydroxylation sites is 1. The standard InChI is InChI=1S/C18H29NO/c1-3-6-14-9-10-16(13-19)17(11-14)12-15-7-4-5-8-18(15)20-2/h4-5,7-8,14,16-17H,3,6,9-13,19H2,1-2H3. The van der Waals surface area contributed by atoms with Crippen LogP contribution in [-0.4, -0.2) is 13.7 Å². The molecule has 0 radical (unpaired) electrons. The highest BCUT2D eigenvalue weighted by atomic mass is 16.5. The van der Waals surface area contributed by atoms with Gasteiger partial charge < -0.3 is 10.5 Å². The third-order valence-electron chi connectivity index (χ3n) is 4.92. The summed E-state index contributed by atoms with van der Waals surface area (Å²) in [5.41, 5.74) is 7.35. The molecule has 2 heteroatoms. The number of nitrogens with two attached hydrogens (primary N) is 1. The molecule has 0 aromatic heterocycles. The Balaban J connectivity index is 2.07. The van der Waals surface area contributed by atoms with Crippen molar-refractivity contribution in [2.45, 2.75) is 45.4 Å². The van der Waals surface area contributed by atoms with Gasteiger partial charge in [-0.1, -0.05) is 44.4 Å². The fourth-order valence-corrected chi connectivity index (χ4v) is 3.81. The third-order valence-corrected chi connectivity index (χ3v) is 4.92. The molecule has 1 saturated carbocycles. The van der Waals surface area contributed by atoms with E-state index in [-0.39, 0.29) is 0 Å². The molecule has 1 fully saturated rings. The first-order valence-corrected chi connectivity index (χ1v) is 8.10. The van der Waals surface area contributed by atoms with Crippen LogP contribution in [0.25, 0.3) is 0 Å². The minimum absolute atomic E-state index is 0.688. The average Bonchev–Trinajstić information content (AvgIpc) is 2.48. The largest absolute Gasteiger partial charge is 0.496 e. The molecule has 1 aliphatic rings. The number of hydrogen-bond donors (Lipinski definition) is 1. The van der Waals surface area contributed by atoms with Crippen LogP contribution < -0.4 is 10.5 Å². The summed E-state index contributed by atoms with van der Waals surface area (Å²) in [7, 11) is 1.76. The Morgan fingerprint density at radius 2 is 2.00 bits per heavy atom. The zero-order valence-electron chi connectivity index (χ0n) is 13.0. The second-order valence-electron chi connectivity index (χ2n) is 6.24. The summed E-state index contributed by atoms with van der Waals surface area (Å²) >= 11 is 0. The molecule has 0 amide bonds. The molecule has 3 unspecified atom stereocenters. The van der Waals surface area contributed by atoms with Crippen molar-refractivity contribution in [3.63, 3.8) is 0 Å². The highest BCUT2D eigenvalue weighted by Gasteiger charge is 2.29. The smallest absolute Gasteiger partial charge is 0.122 e. The van der Waals surface area contributed by atoms with Crippen molar-refractivity contribution >= 4 is 0 Å². The first-order chi connectivity index (χ1) is 9.78. The number of rotatable bonds is 6. The van der Waals surface area contributed by atoms with Crippen molar-refractivity contribution < 1.29 is 4.74 Å². The molecule has 2 nitrogen and oxygen atoms in total. The van der Waals surface area contributed by atoms with E-state index in [1.165, 1.54) is 37.7 Å². The Morgan fingerprint density at radius 1 is 1.20 bits per heavy atom. The number of benzene rings is 1. The summed E-state index contributed by atoms with van der Waals surface area (Å²) in [6, 6.07) is 8.43. The molecular weight excluding hydrogens is 246 g/mol. The lowest BCUT2D eigenvalue weighted by Crippen LogP contribution is -2.31. The van der Waals surface area contributed by atoms with E-state index in [0.29, 0.717) is 5.92 Å². The Kier molecular flexibility index (Phi) is 5.90. The quantitative estimate of drug-likeness (QED) is 0.850. The maximum atomic E-state index is 6.01. The number of ether oxygens (including phenoxy) is 1. The van der Waals surface area contributed by atoms with Gasteiger partial charge in [0.1, 0.15) is 5.75 Å². The maximum Gasteiger partial charge on any atom is 0.122 e. The SMILES string of the molecule is CCCC1CCC(CN)C(Cc2ccccc2OC)C1. The fourth-order valence-electron chi connectivity index (χ4n) is 3.81. The van der Waals surface area contributed by atoms with E-state index in [2.05, 4.69) is 25.1 Å². The van der Waals surface area contributed by atoms with E-state index in [4.69, 9.17) is 10.5 Å². The van der Waals surface area contributed by atoms with Gasteiger partial charge in [0, 0.05) is 0 Å². The summed E-state index contributed by atoms with van der Waals surface area (Å²) in [5, 5.41) is 0. The Labute approximate surface area is 123 Å². The molecule has 0 saturated heterocycles. The predicted octanol–water partition coefficient (Wildman–Crippen LogP) is 4.03. The monoisotopic (exact) mass is 275 g/mol. The molecular formula is C18H29NO. The van der Waals surface area contributed by atoms with Crippen LogP contribution in [0, 0.1) is 17.8 Å². The zero-order chi connectivity index (χ0) is 14.4. The van der Waals surface area contributed by atoms with Crippen LogP contribution in [0.5, 0.6) is 5.75 Å². The van der Waals surface area contributed by atoms with Gasteiger partial charge >= 0.3 is 0 Å². The van der Waals surface area contributed by atoms with E-state index in [9.17, 15) is 0 Å². The van der Waals surface area contributed by atoms with Crippen LogP contribution in [0.1, 0.15) is 44.6 Å². The first-order valence-electron chi connectivity index (χ1n) is 8.10. The lowest BCUT2D eigenvalue weighted by atomic mass is 9.70. The molecule has 0 aliphatic heterocycles. The van der Waals surface area contributed by atoms with E-state index < -0.39 is 0 Å². The predicted molar refractivity (Wildman–Crippen MR) is 85.0 cm³/mol. The topological polar surface area (TPSA) is 35.2 Å². The molecule has 1 aromatic carbocycles. The fraction of sp³-hybridized carbons (Fsp3) is 0.667. The average molecular weight is 275 g/mol. The van der Waals surface area contributed by atoms with Crippen LogP contribution in [-0.2, 0) is 6.42 Å². The van der Waals surface area contributed by atoms with Crippen LogP contribution in [0.3, 0.4) is 0 Å². The Hall–Kier alpha value is -1.02. The second kappa shape index (κ2) is 7.68. The van der Waals surface area contributed by atoms with Gasteiger partial charge in [0.15, 0.2) is 0 Å². The molecule has 1 aliphatic carbocycles. The molecule has 1 aromatic rings. The van der Waals surface area contributed by atoms with Crippen molar-refractivity contribution in [1.29, 1.82) is 0 Å². The number of methoxy groups -OCH3 is 1. The second-order valence-corrected chi connectivity index (χ2v) is 6.24. The van der Waals surface area contributed by atoms with Crippen LogP contribution in [0.2, 0.25) is 0 Å². The first kappa shape index (κ1) is 15.4. The Bertz CT molecular complexity index is 404. The van der Waals surface area contributed by atoms with Crippen molar-refractivity contribution in [2.75, 3.05) is 13.7 Å². The molecule has 20 heavy (non-hydrogen) atoms. The minimum atomic E-state index is 0.688. The summed E-state index contributed by atoms with van der Waals surface area (Å²) in [6.45, 7) is 3.13. The van der Waals surface area contributed by atoms with E-state index in [0.717, 1.165) is 30.6 Å². The molecule has 2 N–H and O–H groups in total. The van der Waals surface area contributed by atoms with Gasteiger partial charge in [0.2, 0.25) is 0 Å². The summed E-state index contributed by atoms with van der Waals surface area (Å²) in [5.74, 6) is 3.35. The van der Waals surface area contributed by atoms with Gasteiger partial charge in [-0.2, -0.15) is 0 Å². The van der Waals surface area contributed by atoms with Gasteiger partial charge in [-0.25, -0.2) is 0 Å². The lowest BCUT2D eigenvalue weighted by molar-refractivity contribution is 0.175. The van der Waals surface area contributed by atoms with E-state index in [1.54, 1.807) is 7.11 Å². The molecule has 0 heterocycles. The Morgan fingerprint density at radius 3 is 2.70 bits per heavy atom. The normalized spacial score (nSPS) is 26.4. The molecule has 0 bridgehead atoms. The zero-order valence-corrected chi connectivity index (χ0v) is 13.0. The van der Waals surface area contributed by atoms with Crippen molar-refractivity contribution in [3.8, 4) is 5.75 Å².